The Labute approximate surface area is 168 Å². The van der Waals surface area contributed by atoms with Gasteiger partial charge in [-0.15, -0.1) is 11.3 Å². The second kappa shape index (κ2) is 7.51. The van der Waals surface area contributed by atoms with Crippen LogP contribution in [0.1, 0.15) is 38.0 Å². The number of amides is 1. The molecule has 4 rings (SSSR count). The van der Waals surface area contributed by atoms with Crippen molar-refractivity contribution >= 4 is 27.5 Å². The highest BCUT2D eigenvalue weighted by molar-refractivity contribution is 7.19. The van der Waals surface area contributed by atoms with Crippen molar-refractivity contribution in [1.82, 2.24) is 14.5 Å². The van der Waals surface area contributed by atoms with Crippen LogP contribution in [-0.2, 0) is 11.3 Å². The quantitative estimate of drug-likeness (QED) is 0.667. The van der Waals surface area contributed by atoms with Crippen LogP contribution >= 0.6 is 11.3 Å². The summed E-state index contributed by atoms with van der Waals surface area (Å²) in [6.07, 6.45) is 4.70. The van der Waals surface area contributed by atoms with Crippen LogP contribution in [0.25, 0.3) is 21.3 Å². The number of nitrogens with zero attached hydrogens (tertiary/aromatic N) is 3. The molecular formula is C22H25N3O2S. The fourth-order valence-corrected chi connectivity index (χ4v) is 5.35. The molecule has 1 aliphatic heterocycles. The standard InChI is InChI=1S/C22H25N3O2S/c1-14-8-7-9-15(2)25(14)18(26)12-24-13-23-21-20(22(24)27)19(16(3)28-21)17-10-5-4-6-11-17/h4-6,10-11,13-15H,7-9,12H2,1-3H3/t14-,15-/m0/s1. The van der Waals surface area contributed by atoms with E-state index in [4.69, 9.17) is 0 Å². The zero-order valence-electron chi connectivity index (χ0n) is 16.5. The molecule has 0 radical (unpaired) electrons. The lowest BCUT2D eigenvalue weighted by Gasteiger charge is -2.39. The normalized spacial score (nSPS) is 19.9. The minimum absolute atomic E-state index is 0.00355. The summed E-state index contributed by atoms with van der Waals surface area (Å²) in [4.78, 5) is 34.5. The molecule has 1 saturated heterocycles. The van der Waals surface area contributed by atoms with E-state index in [1.54, 1.807) is 0 Å². The highest BCUT2D eigenvalue weighted by atomic mass is 32.1. The highest BCUT2D eigenvalue weighted by Gasteiger charge is 2.29. The number of hydrogen-bond acceptors (Lipinski definition) is 4. The molecule has 1 amide bonds. The zero-order chi connectivity index (χ0) is 19.8. The van der Waals surface area contributed by atoms with Crippen molar-refractivity contribution < 1.29 is 4.79 Å². The lowest BCUT2D eigenvalue weighted by Crippen LogP contribution is -2.49. The third-order valence-electron chi connectivity index (χ3n) is 5.70. The van der Waals surface area contributed by atoms with Crippen molar-refractivity contribution in [2.75, 3.05) is 0 Å². The molecule has 0 aliphatic carbocycles. The summed E-state index contributed by atoms with van der Waals surface area (Å²) >= 11 is 1.52. The molecule has 0 unspecified atom stereocenters. The van der Waals surface area contributed by atoms with Gasteiger partial charge in [-0.25, -0.2) is 4.98 Å². The van der Waals surface area contributed by atoms with Gasteiger partial charge in [-0.05, 0) is 45.6 Å². The number of thiophene rings is 1. The molecule has 0 saturated carbocycles. The summed E-state index contributed by atoms with van der Waals surface area (Å²) in [6.45, 7) is 6.24. The third-order valence-corrected chi connectivity index (χ3v) is 6.72. The lowest BCUT2D eigenvalue weighted by atomic mass is 9.97. The molecule has 0 N–H and O–H groups in total. The minimum Gasteiger partial charge on any atom is -0.336 e. The van der Waals surface area contributed by atoms with Gasteiger partial charge in [-0.3, -0.25) is 14.2 Å². The van der Waals surface area contributed by atoms with Crippen molar-refractivity contribution in [3.63, 3.8) is 0 Å². The third kappa shape index (κ3) is 3.26. The number of carbonyl (C=O) groups is 1. The maximum absolute atomic E-state index is 13.3. The van der Waals surface area contributed by atoms with E-state index in [2.05, 4.69) is 18.8 Å². The van der Waals surface area contributed by atoms with E-state index in [0.29, 0.717) is 5.39 Å². The Morgan fingerprint density at radius 2 is 1.86 bits per heavy atom. The molecule has 3 heterocycles. The number of benzene rings is 1. The topological polar surface area (TPSA) is 55.2 Å². The van der Waals surface area contributed by atoms with Crippen molar-refractivity contribution in [3.8, 4) is 11.1 Å². The van der Waals surface area contributed by atoms with E-state index in [1.165, 1.54) is 22.2 Å². The van der Waals surface area contributed by atoms with E-state index < -0.39 is 0 Å². The van der Waals surface area contributed by atoms with Crippen LogP contribution in [0, 0.1) is 6.92 Å². The van der Waals surface area contributed by atoms with Crippen LogP contribution in [0.5, 0.6) is 0 Å². The maximum Gasteiger partial charge on any atom is 0.263 e. The number of carbonyl (C=O) groups excluding carboxylic acids is 1. The van der Waals surface area contributed by atoms with Crippen LogP contribution in [0.3, 0.4) is 0 Å². The first-order valence-electron chi connectivity index (χ1n) is 9.82. The Bertz CT molecular complexity index is 1060. The van der Waals surface area contributed by atoms with Crippen molar-refractivity contribution in [3.05, 3.63) is 51.9 Å². The van der Waals surface area contributed by atoms with Gasteiger partial charge in [0.05, 0.1) is 11.7 Å². The fraction of sp³-hybridized carbons (Fsp3) is 0.409. The van der Waals surface area contributed by atoms with Crippen molar-refractivity contribution in [2.45, 2.75) is 58.7 Å². The van der Waals surface area contributed by atoms with Gasteiger partial charge in [0.2, 0.25) is 5.91 Å². The fourth-order valence-electron chi connectivity index (χ4n) is 4.34. The molecule has 5 nitrogen and oxygen atoms in total. The van der Waals surface area contributed by atoms with E-state index in [-0.39, 0.29) is 30.1 Å². The van der Waals surface area contributed by atoms with E-state index in [0.717, 1.165) is 40.1 Å². The molecule has 3 aromatic rings. The molecular weight excluding hydrogens is 370 g/mol. The first-order valence-corrected chi connectivity index (χ1v) is 10.6. The molecule has 28 heavy (non-hydrogen) atoms. The Morgan fingerprint density at radius 1 is 1.18 bits per heavy atom. The second-order valence-corrected chi connectivity index (χ2v) is 8.89. The number of aryl methyl sites for hydroxylation is 1. The average molecular weight is 396 g/mol. The van der Waals surface area contributed by atoms with E-state index in [1.807, 2.05) is 42.2 Å². The lowest BCUT2D eigenvalue weighted by molar-refractivity contribution is -0.138. The van der Waals surface area contributed by atoms with E-state index >= 15 is 0 Å². The predicted octanol–water partition coefficient (Wildman–Crippen LogP) is 4.22. The summed E-state index contributed by atoms with van der Waals surface area (Å²) < 4.78 is 1.47. The molecule has 6 heteroatoms. The average Bonchev–Trinajstić information content (AvgIpc) is 3.01. The van der Waals surface area contributed by atoms with Crippen LogP contribution in [0.15, 0.2) is 41.5 Å². The number of piperidine rings is 1. The van der Waals surface area contributed by atoms with Crippen LogP contribution < -0.4 is 5.56 Å². The molecule has 2 aromatic heterocycles. The van der Waals surface area contributed by atoms with Crippen molar-refractivity contribution in [1.29, 1.82) is 0 Å². The van der Waals surface area contributed by atoms with Gasteiger partial charge in [0.15, 0.2) is 0 Å². The molecule has 146 valence electrons. The first-order chi connectivity index (χ1) is 13.5. The smallest absolute Gasteiger partial charge is 0.263 e. The number of fused-ring (bicyclic) bond motifs is 1. The van der Waals surface area contributed by atoms with Gasteiger partial charge >= 0.3 is 0 Å². The Hall–Kier alpha value is -2.47. The summed E-state index contributed by atoms with van der Waals surface area (Å²) in [5.74, 6) is -0.00355. The minimum atomic E-state index is -0.140. The van der Waals surface area contributed by atoms with Gasteiger partial charge in [-0.2, -0.15) is 0 Å². The summed E-state index contributed by atoms with van der Waals surface area (Å²) in [5.41, 5.74) is 1.80. The first kappa shape index (κ1) is 18.9. The Balaban J connectivity index is 1.74. The van der Waals surface area contributed by atoms with Gasteiger partial charge in [0.25, 0.3) is 5.56 Å². The van der Waals surface area contributed by atoms with Gasteiger partial charge in [0, 0.05) is 22.5 Å². The zero-order valence-corrected chi connectivity index (χ0v) is 17.3. The predicted molar refractivity (Wildman–Crippen MR) is 114 cm³/mol. The van der Waals surface area contributed by atoms with Crippen LogP contribution in [0.2, 0.25) is 0 Å². The summed E-state index contributed by atoms with van der Waals surface area (Å²) in [5, 5.41) is 0.615. The maximum atomic E-state index is 13.3. The molecule has 0 bridgehead atoms. The van der Waals surface area contributed by atoms with Crippen molar-refractivity contribution in [2.24, 2.45) is 0 Å². The number of rotatable bonds is 3. The van der Waals surface area contributed by atoms with E-state index in [9.17, 15) is 9.59 Å². The Morgan fingerprint density at radius 3 is 2.54 bits per heavy atom. The van der Waals surface area contributed by atoms with Gasteiger partial charge < -0.3 is 4.90 Å². The number of likely N-dealkylation sites (tertiary alicyclic amines) is 1. The van der Waals surface area contributed by atoms with Crippen LogP contribution in [-0.4, -0.2) is 32.4 Å². The summed E-state index contributed by atoms with van der Waals surface area (Å²) in [7, 11) is 0. The van der Waals surface area contributed by atoms with Crippen LogP contribution in [0.4, 0.5) is 0 Å². The number of aromatic nitrogens is 2. The Kier molecular flexibility index (Phi) is 5.06. The molecule has 2 atom stereocenters. The summed E-state index contributed by atoms with van der Waals surface area (Å²) in [6, 6.07) is 10.3. The largest absolute Gasteiger partial charge is 0.336 e. The number of hydrogen-bond donors (Lipinski definition) is 0. The second-order valence-electron chi connectivity index (χ2n) is 7.69. The SMILES string of the molecule is Cc1sc2ncn(CC(=O)N3[C@@H](C)CCC[C@@H]3C)c(=O)c2c1-c1ccccc1. The molecule has 1 aromatic carbocycles. The molecule has 0 spiro atoms. The highest BCUT2D eigenvalue weighted by Crippen LogP contribution is 2.35. The van der Waals surface area contributed by atoms with Gasteiger partial charge in [-0.1, -0.05) is 30.3 Å². The van der Waals surface area contributed by atoms with Gasteiger partial charge in [0.1, 0.15) is 11.4 Å². The monoisotopic (exact) mass is 395 g/mol. The molecule has 1 aliphatic rings. The molecule has 1 fully saturated rings.